The largest absolute Gasteiger partial charge is 0.353 e. The number of H-pyrrole nitrogens is 1. The van der Waals surface area contributed by atoms with Crippen molar-refractivity contribution in [1.29, 1.82) is 0 Å². The van der Waals surface area contributed by atoms with E-state index in [9.17, 15) is 4.79 Å². The first kappa shape index (κ1) is 15.3. The molecule has 0 spiro atoms. The molecule has 1 aromatic carbocycles. The summed E-state index contributed by atoms with van der Waals surface area (Å²) in [5.74, 6) is 1.63. The second-order valence-corrected chi connectivity index (χ2v) is 5.87. The van der Waals surface area contributed by atoms with E-state index < -0.39 is 0 Å². The first-order valence-electron chi connectivity index (χ1n) is 8.23. The van der Waals surface area contributed by atoms with Gasteiger partial charge >= 0.3 is 0 Å². The maximum absolute atomic E-state index is 12.4. The van der Waals surface area contributed by atoms with Crippen LogP contribution >= 0.6 is 0 Å². The Labute approximate surface area is 145 Å². The first-order chi connectivity index (χ1) is 12.3. The van der Waals surface area contributed by atoms with E-state index in [1.54, 1.807) is 18.6 Å². The molecule has 0 radical (unpaired) electrons. The molecule has 3 aromatic rings. The lowest BCUT2D eigenvalue weighted by atomic mass is 10.2. The molecule has 7 heteroatoms. The molecule has 1 fully saturated rings. The fourth-order valence-corrected chi connectivity index (χ4v) is 2.94. The van der Waals surface area contributed by atoms with E-state index in [-0.39, 0.29) is 5.91 Å². The third-order valence-corrected chi connectivity index (χ3v) is 4.31. The van der Waals surface area contributed by atoms with Gasteiger partial charge in [0.25, 0.3) is 5.91 Å². The number of nitrogens with one attached hydrogen (secondary N) is 1. The molecular formula is C18H18N6O. The van der Waals surface area contributed by atoms with Gasteiger partial charge in [-0.05, 0) is 6.07 Å². The number of amides is 1. The average Bonchev–Trinajstić information content (AvgIpc) is 3.23. The normalized spacial score (nSPS) is 14.6. The SMILES string of the molecule is O=C(c1cn[nH]c1)N1CCN(c2ccnc(-c3ccccc3)n2)CC1. The minimum absolute atomic E-state index is 0.0149. The topological polar surface area (TPSA) is 78.0 Å². The summed E-state index contributed by atoms with van der Waals surface area (Å²) in [6.07, 6.45) is 4.98. The van der Waals surface area contributed by atoms with E-state index in [0.29, 0.717) is 18.7 Å². The maximum atomic E-state index is 12.4. The Hall–Kier alpha value is -3.22. The quantitative estimate of drug-likeness (QED) is 0.791. The minimum Gasteiger partial charge on any atom is -0.353 e. The monoisotopic (exact) mass is 334 g/mol. The van der Waals surface area contributed by atoms with Crippen LogP contribution in [0.5, 0.6) is 0 Å². The Morgan fingerprint density at radius 1 is 1.04 bits per heavy atom. The van der Waals surface area contributed by atoms with Gasteiger partial charge < -0.3 is 9.80 Å². The number of hydrogen-bond acceptors (Lipinski definition) is 5. The molecule has 25 heavy (non-hydrogen) atoms. The van der Waals surface area contributed by atoms with Gasteiger partial charge in [-0.25, -0.2) is 9.97 Å². The van der Waals surface area contributed by atoms with Crippen molar-refractivity contribution in [2.75, 3.05) is 31.1 Å². The minimum atomic E-state index is 0.0149. The third-order valence-electron chi connectivity index (χ3n) is 4.31. The summed E-state index contributed by atoms with van der Waals surface area (Å²) in [6.45, 7) is 2.81. The Kier molecular flexibility index (Phi) is 4.12. The number of aromatic amines is 1. The molecule has 7 nitrogen and oxygen atoms in total. The van der Waals surface area contributed by atoms with E-state index in [1.807, 2.05) is 41.3 Å². The van der Waals surface area contributed by atoms with Crippen LogP contribution in [0.25, 0.3) is 11.4 Å². The Morgan fingerprint density at radius 2 is 1.84 bits per heavy atom. The van der Waals surface area contributed by atoms with E-state index >= 15 is 0 Å². The molecule has 1 aliphatic rings. The van der Waals surface area contributed by atoms with Crippen LogP contribution in [0.2, 0.25) is 0 Å². The van der Waals surface area contributed by atoms with Crippen molar-refractivity contribution in [2.24, 2.45) is 0 Å². The first-order valence-corrected chi connectivity index (χ1v) is 8.23. The van der Waals surface area contributed by atoms with Crippen molar-refractivity contribution in [3.63, 3.8) is 0 Å². The van der Waals surface area contributed by atoms with Crippen LogP contribution in [-0.2, 0) is 0 Å². The van der Waals surface area contributed by atoms with E-state index in [0.717, 1.165) is 30.3 Å². The predicted octanol–water partition coefficient (Wildman–Crippen LogP) is 1.83. The molecule has 1 amide bonds. The summed E-state index contributed by atoms with van der Waals surface area (Å²) >= 11 is 0. The lowest BCUT2D eigenvalue weighted by molar-refractivity contribution is 0.0746. The molecule has 0 unspecified atom stereocenters. The van der Waals surface area contributed by atoms with Gasteiger partial charge in [0.05, 0.1) is 11.8 Å². The highest BCUT2D eigenvalue weighted by Crippen LogP contribution is 2.19. The average molecular weight is 334 g/mol. The van der Waals surface area contributed by atoms with Gasteiger partial charge in [0.15, 0.2) is 5.82 Å². The molecule has 1 N–H and O–H groups in total. The van der Waals surface area contributed by atoms with Crippen LogP contribution in [0.3, 0.4) is 0 Å². The number of anilines is 1. The molecule has 1 saturated heterocycles. The summed E-state index contributed by atoms with van der Waals surface area (Å²) in [5.41, 5.74) is 1.60. The number of aromatic nitrogens is 4. The lowest BCUT2D eigenvalue weighted by Gasteiger charge is -2.35. The second-order valence-electron chi connectivity index (χ2n) is 5.87. The van der Waals surface area contributed by atoms with Crippen molar-refractivity contribution in [3.05, 3.63) is 60.6 Å². The smallest absolute Gasteiger partial charge is 0.257 e. The zero-order valence-corrected chi connectivity index (χ0v) is 13.7. The molecule has 4 rings (SSSR count). The highest BCUT2D eigenvalue weighted by molar-refractivity contribution is 5.93. The van der Waals surface area contributed by atoms with Gasteiger partial charge in [-0.3, -0.25) is 9.89 Å². The fraction of sp³-hybridized carbons (Fsp3) is 0.222. The highest BCUT2D eigenvalue weighted by atomic mass is 16.2. The van der Waals surface area contributed by atoms with Crippen molar-refractivity contribution in [2.45, 2.75) is 0 Å². The van der Waals surface area contributed by atoms with E-state index in [2.05, 4.69) is 25.1 Å². The molecule has 0 aliphatic carbocycles. The molecule has 126 valence electrons. The van der Waals surface area contributed by atoms with Crippen LogP contribution in [0.1, 0.15) is 10.4 Å². The Balaban J connectivity index is 1.45. The van der Waals surface area contributed by atoms with Gasteiger partial charge in [-0.15, -0.1) is 0 Å². The van der Waals surface area contributed by atoms with Crippen LogP contribution in [0, 0.1) is 0 Å². The molecule has 0 saturated carbocycles. The summed E-state index contributed by atoms with van der Waals surface area (Å²) < 4.78 is 0. The predicted molar refractivity (Wildman–Crippen MR) is 94.2 cm³/mol. The Bertz CT molecular complexity index is 841. The summed E-state index contributed by atoms with van der Waals surface area (Å²) in [5, 5.41) is 6.52. The van der Waals surface area contributed by atoms with Gasteiger partial charge in [0.2, 0.25) is 0 Å². The summed E-state index contributed by atoms with van der Waals surface area (Å²) in [7, 11) is 0. The van der Waals surface area contributed by atoms with Crippen molar-refractivity contribution in [1.82, 2.24) is 25.1 Å². The lowest BCUT2D eigenvalue weighted by Crippen LogP contribution is -2.49. The van der Waals surface area contributed by atoms with Crippen molar-refractivity contribution >= 4 is 11.7 Å². The molecule has 3 heterocycles. The van der Waals surface area contributed by atoms with Crippen LogP contribution in [0.4, 0.5) is 5.82 Å². The second kappa shape index (κ2) is 6.72. The van der Waals surface area contributed by atoms with E-state index in [1.165, 1.54) is 0 Å². The van der Waals surface area contributed by atoms with E-state index in [4.69, 9.17) is 0 Å². The Morgan fingerprint density at radius 3 is 2.56 bits per heavy atom. The third kappa shape index (κ3) is 3.21. The van der Waals surface area contributed by atoms with Crippen molar-refractivity contribution in [3.8, 4) is 11.4 Å². The van der Waals surface area contributed by atoms with Crippen LogP contribution < -0.4 is 4.90 Å². The number of hydrogen-bond donors (Lipinski definition) is 1. The number of carbonyl (C=O) groups is 1. The molecule has 0 bridgehead atoms. The van der Waals surface area contributed by atoms with Gasteiger partial charge in [-0.2, -0.15) is 5.10 Å². The summed E-state index contributed by atoms with van der Waals surface area (Å²) in [4.78, 5) is 25.5. The van der Waals surface area contributed by atoms with Gasteiger partial charge in [-0.1, -0.05) is 30.3 Å². The highest BCUT2D eigenvalue weighted by Gasteiger charge is 2.23. The number of piperazine rings is 1. The standard InChI is InChI=1S/C18H18N6O/c25-18(15-12-20-21-13-15)24-10-8-23(9-11-24)16-6-7-19-17(22-16)14-4-2-1-3-5-14/h1-7,12-13H,8-11H2,(H,20,21). The fourth-order valence-electron chi connectivity index (χ4n) is 2.94. The zero-order valence-electron chi connectivity index (χ0n) is 13.7. The zero-order chi connectivity index (χ0) is 17.1. The maximum Gasteiger partial charge on any atom is 0.257 e. The summed E-state index contributed by atoms with van der Waals surface area (Å²) in [6, 6.07) is 11.8. The van der Waals surface area contributed by atoms with Gasteiger partial charge in [0.1, 0.15) is 5.82 Å². The number of nitrogens with zero attached hydrogens (tertiary/aromatic N) is 5. The molecule has 1 aliphatic heterocycles. The number of rotatable bonds is 3. The van der Waals surface area contributed by atoms with Crippen LogP contribution in [-0.4, -0.2) is 57.2 Å². The molecular weight excluding hydrogens is 316 g/mol. The number of benzene rings is 1. The van der Waals surface area contributed by atoms with Crippen molar-refractivity contribution < 1.29 is 4.79 Å². The van der Waals surface area contributed by atoms with Gasteiger partial charge in [0, 0.05) is 44.1 Å². The molecule has 0 atom stereocenters. The molecule has 2 aromatic heterocycles. The number of carbonyl (C=O) groups excluding carboxylic acids is 1. The van der Waals surface area contributed by atoms with Crippen LogP contribution in [0.15, 0.2) is 55.0 Å².